The maximum Gasteiger partial charge on any atom is 0.411 e. The summed E-state index contributed by atoms with van der Waals surface area (Å²) in [7, 11) is -0.724. The molecule has 1 unspecified atom stereocenters. The molecule has 1 aromatic heterocycles. The molecule has 2 amide bonds. The number of carbonyl (C=O) groups excluding carboxylic acids is 2. The topological polar surface area (TPSA) is 123 Å². The van der Waals surface area contributed by atoms with E-state index in [1.54, 1.807) is 25.4 Å². The fourth-order valence-electron chi connectivity index (χ4n) is 4.80. The quantitative estimate of drug-likeness (QED) is 0.683. The number of sulfonamides is 1. The van der Waals surface area contributed by atoms with Crippen LogP contribution in [-0.2, 0) is 27.7 Å². The van der Waals surface area contributed by atoms with Gasteiger partial charge in [0.05, 0.1) is 29.5 Å². The van der Waals surface area contributed by atoms with Crippen LogP contribution >= 0.6 is 0 Å². The summed E-state index contributed by atoms with van der Waals surface area (Å²) in [5, 5.41) is 9.53. The Balaban J connectivity index is 1.38. The van der Waals surface area contributed by atoms with E-state index >= 15 is 0 Å². The van der Waals surface area contributed by atoms with Gasteiger partial charge in [0.1, 0.15) is 0 Å². The summed E-state index contributed by atoms with van der Waals surface area (Å²) in [6, 6.07) is 6.09. The van der Waals surface area contributed by atoms with E-state index in [0.717, 1.165) is 37.9 Å². The van der Waals surface area contributed by atoms with Gasteiger partial charge in [-0.25, -0.2) is 13.2 Å². The first kappa shape index (κ1) is 23.2. The van der Waals surface area contributed by atoms with E-state index in [1.807, 2.05) is 4.68 Å². The summed E-state index contributed by atoms with van der Waals surface area (Å²) in [6.07, 6.45) is 4.37. The standard InChI is InChI=1S/C22H29N5O5S/c1-23-21(28)19-14-24-27-12-9-16(13-20(19)27)15-7-10-26(11-8-15)33(30,31)18-5-3-17(4-6-18)25-22(29)32-2/h3-6,14-16H,7-13H2,1-2H3,(H,23,28)(H,25,29). The SMILES string of the molecule is CNC(=O)c1cnn2c1CC(C1CCN(S(=O)(=O)c3ccc(NC(=O)OC)cc3)CC1)CC2. The van der Waals surface area contributed by atoms with Gasteiger partial charge in [-0.3, -0.25) is 14.8 Å². The lowest BCUT2D eigenvalue weighted by Gasteiger charge is -2.37. The summed E-state index contributed by atoms with van der Waals surface area (Å²) < 4.78 is 34.2. The molecule has 33 heavy (non-hydrogen) atoms. The highest BCUT2D eigenvalue weighted by atomic mass is 32.2. The average molecular weight is 476 g/mol. The van der Waals surface area contributed by atoms with Crippen molar-refractivity contribution in [3.05, 3.63) is 41.7 Å². The van der Waals surface area contributed by atoms with Gasteiger partial charge in [0.15, 0.2) is 0 Å². The number of hydrogen-bond acceptors (Lipinski definition) is 6. The van der Waals surface area contributed by atoms with Crippen LogP contribution in [0.2, 0.25) is 0 Å². The van der Waals surface area contributed by atoms with Crippen LogP contribution in [0.5, 0.6) is 0 Å². The molecule has 1 atom stereocenters. The smallest absolute Gasteiger partial charge is 0.411 e. The largest absolute Gasteiger partial charge is 0.453 e. The molecular weight excluding hydrogens is 446 g/mol. The average Bonchev–Trinajstić information content (AvgIpc) is 3.27. The molecule has 1 fully saturated rings. The predicted octanol–water partition coefficient (Wildman–Crippen LogP) is 2.08. The number of aromatic nitrogens is 2. The summed E-state index contributed by atoms with van der Waals surface area (Å²) in [5.41, 5.74) is 2.07. The molecule has 0 radical (unpaired) electrons. The highest BCUT2D eigenvalue weighted by Gasteiger charge is 2.35. The van der Waals surface area contributed by atoms with Gasteiger partial charge >= 0.3 is 6.09 Å². The van der Waals surface area contributed by atoms with Crippen LogP contribution < -0.4 is 10.6 Å². The van der Waals surface area contributed by atoms with Crippen LogP contribution in [0.15, 0.2) is 35.4 Å². The zero-order valence-corrected chi connectivity index (χ0v) is 19.6. The Labute approximate surface area is 193 Å². The Hall–Kier alpha value is -2.92. The molecule has 11 heteroatoms. The Morgan fingerprint density at radius 2 is 1.73 bits per heavy atom. The molecule has 0 aliphatic carbocycles. The first-order chi connectivity index (χ1) is 15.8. The van der Waals surface area contributed by atoms with Gasteiger partial charge in [-0.1, -0.05) is 0 Å². The highest BCUT2D eigenvalue weighted by molar-refractivity contribution is 7.89. The van der Waals surface area contributed by atoms with Crippen LogP contribution in [0.25, 0.3) is 0 Å². The van der Waals surface area contributed by atoms with E-state index < -0.39 is 16.1 Å². The van der Waals surface area contributed by atoms with E-state index in [9.17, 15) is 18.0 Å². The minimum atomic E-state index is -3.61. The third-order valence-corrected chi connectivity index (χ3v) is 8.59. The number of aryl methyl sites for hydroxylation is 1. The highest BCUT2D eigenvalue weighted by Crippen LogP contribution is 2.35. The molecule has 10 nitrogen and oxygen atoms in total. The van der Waals surface area contributed by atoms with E-state index in [4.69, 9.17) is 0 Å². The number of carbonyl (C=O) groups is 2. The molecule has 178 valence electrons. The number of rotatable bonds is 5. The van der Waals surface area contributed by atoms with Crippen LogP contribution in [0.1, 0.15) is 35.3 Å². The van der Waals surface area contributed by atoms with Crippen LogP contribution in [0.3, 0.4) is 0 Å². The molecule has 0 saturated carbocycles. The van der Waals surface area contributed by atoms with E-state index in [-0.39, 0.29) is 10.8 Å². The van der Waals surface area contributed by atoms with Crippen LogP contribution in [-0.4, -0.2) is 61.8 Å². The van der Waals surface area contributed by atoms with E-state index in [2.05, 4.69) is 20.5 Å². The third kappa shape index (κ3) is 4.74. The summed E-state index contributed by atoms with van der Waals surface area (Å²) in [5.74, 6) is 0.695. The fourth-order valence-corrected chi connectivity index (χ4v) is 6.27. The summed E-state index contributed by atoms with van der Waals surface area (Å²) in [6.45, 7) is 1.71. The number of amides is 2. The zero-order valence-electron chi connectivity index (χ0n) is 18.8. The van der Waals surface area contributed by atoms with Gasteiger partial charge in [0.2, 0.25) is 10.0 Å². The molecule has 2 N–H and O–H groups in total. The number of hydrogen-bond donors (Lipinski definition) is 2. The maximum absolute atomic E-state index is 13.1. The molecule has 1 saturated heterocycles. The fraction of sp³-hybridized carbons (Fsp3) is 0.500. The molecule has 2 aromatic rings. The van der Waals surface area contributed by atoms with Crippen molar-refractivity contribution in [2.75, 3.05) is 32.6 Å². The van der Waals surface area contributed by atoms with Crippen molar-refractivity contribution in [1.82, 2.24) is 19.4 Å². The maximum atomic E-state index is 13.1. The third-order valence-electron chi connectivity index (χ3n) is 6.68. The van der Waals surface area contributed by atoms with Gasteiger partial charge < -0.3 is 10.1 Å². The Morgan fingerprint density at radius 1 is 1.06 bits per heavy atom. The summed E-state index contributed by atoms with van der Waals surface area (Å²) >= 11 is 0. The number of methoxy groups -OCH3 is 1. The Morgan fingerprint density at radius 3 is 2.36 bits per heavy atom. The van der Waals surface area contributed by atoms with Crippen molar-refractivity contribution in [2.45, 2.75) is 37.1 Å². The zero-order chi connectivity index (χ0) is 23.6. The number of ether oxygens (including phenoxy) is 1. The molecular formula is C22H29N5O5S. The molecule has 0 bridgehead atoms. The predicted molar refractivity (Wildman–Crippen MR) is 121 cm³/mol. The van der Waals surface area contributed by atoms with Crippen molar-refractivity contribution in [3.8, 4) is 0 Å². The number of piperidine rings is 1. The second-order valence-corrected chi connectivity index (χ2v) is 10.4. The lowest BCUT2D eigenvalue weighted by molar-refractivity contribution is 0.0960. The first-order valence-electron chi connectivity index (χ1n) is 11.1. The Kier molecular flexibility index (Phi) is 6.71. The molecule has 2 aliphatic heterocycles. The lowest BCUT2D eigenvalue weighted by atomic mass is 9.78. The second-order valence-electron chi connectivity index (χ2n) is 8.44. The van der Waals surface area contributed by atoms with Crippen molar-refractivity contribution in [2.24, 2.45) is 11.8 Å². The number of nitrogens with one attached hydrogen (secondary N) is 2. The van der Waals surface area contributed by atoms with Gasteiger partial charge in [-0.15, -0.1) is 0 Å². The Bertz CT molecular complexity index is 1120. The van der Waals surface area contributed by atoms with Crippen molar-refractivity contribution in [3.63, 3.8) is 0 Å². The molecule has 0 spiro atoms. The van der Waals surface area contributed by atoms with Gasteiger partial charge in [-0.2, -0.15) is 9.40 Å². The molecule has 1 aromatic carbocycles. The van der Waals surface area contributed by atoms with Crippen molar-refractivity contribution in [1.29, 1.82) is 0 Å². The minimum absolute atomic E-state index is 0.120. The monoisotopic (exact) mass is 475 g/mol. The van der Waals surface area contributed by atoms with Crippen LogP contribution in [0, 0.1) is 11.8 Å². The number of anilines is 1. The normalized spacial score (nSPS) is 19.5. The van der Waals surface area contributed by atoms with Gasteiger partial charge in [0.25, 0.3) is 5.91 Å². The molecule has 3 heterocycles. The number of fused-ring (bicyclic) bond motifs is 1. The first-order valence-corrected chi connectivity index (χ1v) is 12.5. The molecule has 4 rings (SSSR count). The number of nitrogens with zero attached hydrogens (tertiary/aromatic N) is 3. The van der Waals surface area contributed by atoms with Gasteiger partial charge in [0, 0.05) is 32.4 Å². The van der Waals surface area contributed by atoms with Crippen molar-refractivity contribution >= 4 is 27.7 Å². The van der Waals surface area contributed by atoms with E-state index in [1.165, 1.54) is 23.5 Å². The van der Waals surface area contributed by atoms with Gasteiger partial charge in [-0.05, 0) is 61.8 Å². The summed E-state index contributed by atoms with van der Waals surface area (Å²) in [4.78, 5) is 23.7. The second kappa shape index (κ2) is 9.52. The lowest BCUT2D eigenvalue weighted by Crippen LogP contribution is -2.41. The van der Waals surface area contributed by atoms with E-state index in [0.29, 0.717) is 36.2 Å². The molecule has 2 aliphatic rings. The van der Waals surface area contributed by atoms with Crippen molar-refractivity contribution < 1.29 is 22.7 Å². The minimum Gasteiger partial charge on any atom is -0.453 e. The number of benzene rings is 1. The van der Waals surface area contributed by atoms with Crippen LogP contribution in [0.4, 0.5) is 10.5 Å².